The number of aromatic amines is 1. The van der Waals surface area contributed by atoms with E-state index in [1.54, 1.807) is 0 Å². The van der Waals surface area contributed by atoms with Crippen LogP contribution in [0.5, 0.6) is 0 Å². The molecular weight excluding hydrogens is 158 g/mol. The normalized spacial score (nSPS) is 10.3. The van der Waals surface area contributed by atoms with Crippen molar-refractivity contribution in [3.8, 4) is 0 Å². The van der Waals surface area contributed by atoms with Crippen LogP contribution >= 0.6 is 0 Å². The number of hydrogen-bond acceptors (Lipinski definition) is 4. The number of amides is 1. The molecule has 2 rings (SSSR count). The van der Waals surface area contributed by atoms with E-state index < -0.39 is 5.91 Å². The third-order valence-electron chi connectivity index (χ3n) is 1.49. The Labute approximate surface area is 66.8 Å². The van der Waals surface area contributed by atoms with Gasteiger partial charge in [0.2, 0.25) is 5.65 Å². The lowest BCUT2D eigenvalue weighted by atomic mass is 10.2. The van der Waals surface area contributed by atoms with Crippen molar-refractivity contribution in [3.05, 3.63) is 17.8 Å². The minimum Gasteiger partial charge on any atom is -0.366 e. The zero-order chi connectivity index (χ0) is 8.55. The maximum absolute atomic E-state index is 10.8. The van der Waals surface area contributed by atoms with Crippen molar-refractivity contribution in [2.75, 3.05) is 0 Å². The van der Waals surface area contributed by atoms with Crippen LogP contribution in [-0.4, -0.2) is 26.3 Å². The van der Waals surface area contributed by atoms with Gasteiger partial charge in [0.15, 0.2) is 0 Å². The second-order valence-electron chi connectivity index (χ2n) is 2.22. The highest BCUT2D eigenvalue weighted by atomic mass is 16.1. The van der Waals surface area contributed by atoms with Gasteiger partial charge >= 0.3 is 0 Å². The fourth-order valence-electron chi connectivity index (χ4n) is 0.956. The molecule has 0 bridgehead atoms. The molecule has 0 spiro atoms. The predicted octanol–water partition coefficient (Wildman–Crippen LogP) is -0.548. The highest BCUT2D eigenvalue weighted by Gasteiger charge is 2.09. The smallest absolute Gasteiger partial charge is 0.251 e. The standard InChI is InChI=1S/C6H5N5O/c7-5(12)3-1-2-8-6-4(3)9-11-10-6/h1-2H,(H2,7,12)(H,8,9,10,11). The van der Waals surface area contributed by atoms with Crippen LogP contribution in [0.1, 0.15) is 10.4 Å². The number of carbonyl (C=O) groups is 1. The molecule has 0 aliphatic carbocycles. The van der Waals surface area contributed by atoms with Crippen molar-refractivity contribution in [2.24, 2.45) is 5.73 Å². The molecule has 3 N–H and O–H groups in total. The van der Waals surface area contributed by atoms with Crippen molar-refractivity contribution in [1.82, 2.24) is 20.4 Å². The molecule has 0 unspecified atom stereocenters. The van der Waals surface area contributed by atoms with Crippen molar-refractivity contribution in [2.45, 2.75) is 0 Å². The lowest BCUT2D eigenvalue weighted by Crippen LogP contribution is -2.11. The number of fused-ring (bicyclic) bond motifs is 1. The lowest BCUT2D eigenvalue weighted by Gasteiger charge is -1.92. The van der Waals surface area contributed by atoms with E-state index in [1.807, 2.05) is 0 Å². The summed E-state index contributed by atoms with van der Waals surface area (Å²) in [7, 11) is 0. The van der Waals surface area contributed by atoms with Crippen LogP contribution in [0.2, 0.25) is 0 Å². The Balaban J connectivity index is 2.82. The predicted molar refractivity (Wildman–Crippen MR) is 40.2 cm³/mol. The van der Waals surface area contributed by atoms with E-state index in [0.717, 1.165) is 0 Å². The summed E-state index contributed by atoms with van der Waals surface area (Å²) in [6.07, 6.45) is 1.46. The summed E-state index contributed by atoms with van der Waals surface area (Å²) < 4.78 is 0. The lowest BCUT2D eigenvalue weighted by molar-refractivity contribution is 0.100. The fraction of sp³-hybridized carbons (Fsp3) is 0. The Kier molecular flexibility index (Phi) is 1.26. The monoisotopic (exact) mass is 163 g/mol. The molecule has 0 aromatic carbocycles. The van der Waals surface area contributed by atoms with Gasteiger partial charge in [-0.15, -0.1) is 5.10 Å². The first kappa shape index (κ1) is 6.71. The average Bonchev–Trinajstić information content (AvgIpc) is 2.49. The number of nitrogens with two attached hydrogens (primary N) is 1. The van der Waals surface area contributed by atoms with E-state index in [4.69, 9.17) is 5.73 Å². The minimum absolute atomic E-state index is 0.328. The molecule has 2 aromatic rings. The van der Waals surface area contributed by atoms with Gasteiger partial charge in [0.1, 0.15) is 5.52 Å². The van der Waals surface area contributed by atoms with Gasteiger partial charge in [0, 0.05) is 6.20 Å². The first-order valence-electron chi connectivity index (χ1n) is 3.24. The second kappa shape index (κ2) is 2.26. The second-order valence-corrected chi connectivity index (χ2v) is 2.22. The zero-order valence-electron chi connectivity index (χ0n) is 5.98. The van der Waals surface area contributed by atoms with Crippen molar-refractivity contribution < 1.29 is 4.79 Å². The van der Waals surface area contributed by atoms with E-state index >= 15 is 0 Å². The van der Waals surface area contributed by atoms with E-state index in [-0.39, 0.29) is 0 Å². The van der Waals surface area contributed by atoms with Crippen LogP contribution in [0.3, 0.4) is 0 Å². The van der Waals surface area contributed by atoms with Crippen molar-refractivity contribution in [1.29, 1.82) is 0 Å². The van der Waals surface area contributed by atoms with E-state index in [1.165, 1.54) is 12.3 Å². The fourth-order valence-corrected chi connectivity index (χ4v) is 0.956. The molecule has 0 radical (unpaired) electrons. The van der Waals surface area contributed by atoms with Crippen LogP contribution in [0.4, 0.5) is 0 Å². The molecule has 0 aliphatic heterocycles. The van der Waals surface area contributed by atoms with Gasteiger partial charge in [-0.2, -0.15) is 10.3 Å². The number of hydrogen-bond donors (Lipinski definition) is 2. The molecular formula is C6H5N5O. The van der Waals surface area contributed by atoms with Crippen LogP contribution < -0.4 is 5.73 Å². The SMILES string of the molecule is NC(=O)c1ccnc2n[nH]nc12. The number of aromatic nitrogens is 4. The van der Waals surface area contributed by atoms with Gasteiger partial charge in [-0.1, -0.05) is 0 Å². The number of H-pyrrole nitrogens is 1. The number of pyridine rings is 1. The quantitative estimate of drug-likeness (QED) is 0.589. The molecule has 2 aromatic heterocycles. The molecule has 0 saturated carbocycles. The Morgan fingerprint density at radius 1 is 1.50 bits per heavy atom. The molecule has 6 nitrogen and oxygen atoms in total. The summed E-state index contributed by atoms with van der Waals surface area (Å²) in [5.74, 6) is -0.531. The molecule has 0 atom stereocenters. The van der Waals surface area contributed by atoms with Gasteiger partial charge in [0.25, 0.3) is 5.91 Å². The average molecular weight is 163 g/mol. The topological polar surface area (TPSA) is 97.5 Å². The summed E-state index contributed by atoms with van der Waals surface area (Å²) in [6.45, 7) is 0. The Morgan fingerprint density at radius 3 is 3.08 bits per heavy atom. The van der Waals surface area contributed by atoms with Crippen LogP contribution in [0.25, 0.3) is 11.2 Å². The Bertz CT molecular complexity index is 434. The molecule has 60 valence electrons. The van der Waals surface area contributed by atoms with Crippen molar-refractivity contribution in [3.63, 3.8) is 0 Å². The van der Waals surface area contributed by atoms with Gasteiger partial charge in [-0.25, -0.2) is 4.98 Å². The molecule has 0 saturated heterocycles. The van der Waals surface area contributed by atoms with Crippen LogP contribution in [0, 0.1) is 0 Å². The maximum atomic E-state index is 10.8. The molecule has 1 amide bonds. The first-order valence-corrected chi connectivity index (χ1v) is 3.24. The third-order valence-corrected chi connectivity index (χ3v) is 1.49. The van der Waals surface area contributed by atoms with E-state index in [2.05, 4.69) is 20.4 Å². The van der Waals surface area contributed by atoms with Gasteiger partial charge in [-0.05, 0) is 6.07 Å². The van der Waals surface area contributed by atoms with Crippen LogP contribution in [-0.2, 0) is 0 Å². The molecule has 12 heavy (non-hydrogen) atoms. The number of rotatable bonds is 1. The summed E-state index contributed by atoms with van der Waals surface area (Å²) >= 11 is 0. The molecule has 0 aliphatic rings. The largest absolute Gasteiger partial charge is 0.366 e. The first-order chi connectivity index (χ1) is 5.79. The van der Waals surface area contributed by atoms with E-state index in [9.17, 15) is 4.79 Å². The van der Waals surface area contributed by atoms with Gasteiger partial charge < -0.3 is 5.73 Å². The Hall–Kier alpha value is -1.98. The van der Waals surface area contributed by atoms with Crippen molar-refractivity contribution >= 4 is 17.1 Å². The number of nitrogens with zero attached hydrogens (tertiary/aromatic N) is 3. The van der Waals surface area contributed by atoms with Gasteiger partial charge in [-0.3, -0.25) is 4.79 Å². The van der Waals surface area contributed by atoms with E-state index in [0.29, 0.717) is 16.7 Å². The molecule has 0 fully saturated rings. The molecule has 2 heterocycles. The number of primary amides is 1. The molecule has 6 heteroatoms. The zero-order valence-corrected chi connectivity index (χ0v) is 5.98. The Morgan fingerprint density at radius 2 is 2.33 bits per heavy atom. The summed E-state index contributed by atoms with van der Waals surface area (Å²) in [6, 6.07) is 1.51. The number of carbonyl (C=O) groups excluding carboxylic acids is 1. The third kappa shape index (κ3) is 0.815. The highest BCUT2D eigenvalue weighted by molar-refractivity contribution is 6.02. The maximum Gasteiger partial charge on any atom is 0.251 e. The highest BCUT2D eigenvalue weighted by Crippen LogP contribution is 2.09. The van der Waals surface area contributed by atoms with Crippen LogP contribution in [0.15, 0.2) is 12.3 Å². The number of nitrogens with one attached hydrogen (secondary N) is 1. The van der Waals surface area contributed by atoms with Gasteiger partial charge in [0.05, 0.1) is 5.56 Å². The summed E-state index contributed by atoms with van der Waals surface area (Å²) in [4.78, 5) is 14.7. The minimum atomic E-state index is -0.531. The summed E-state index contributed by atoms with van der Waals surface area (Å²) in [5, 5.41) is 9.81. The summed E-state index contributed by atoms with van der Waals surface area (Å²) in [5.41, 5.74) is 6.22.